The van der Waals surface area contributed by atoms with Crippen LogP contribution in [0.3, 0.4) is 0 Å². The van der Waals surface area contributed by atoms with Gasteiger partial charge in [0, 0.05) is 48.6 Å². The second-order valence-corrected chi connectivity index (χ2v) is 20.4. The van der Waals surface area contributed by atoms with Crippen LogP contribution in [-0.4, -0.2) is 82.8 Å². The minimum atomic E-state index is -4.57. The van der Waals surface area contributed by atoms with Crippen molar-refractivity contribution < 1.29 is 49.9 Å². The van der Waals surface area contributed by atoms with Crippen molar-refractivity contribution in [2.75, 3.05) is 13.6 Å². The number of allylic oxidation sites excluding steroid dienone is 1. The number of sulfonamides is 1. The number of hydrogen-bond donors (Lipinski definition) is 2. The number of hydrogen-bond acceptors (Lipinski definition) is 12. The van der Waals surface area contributed by atoms with Gasteiger partial charge in [0.05, 0.1) is 33.8 Å². The van der Waals surface area contributed by atoms with E-state index in [4.69, 9.17) is 9.15 Å². The lowest BCUT2D eigenvalue weighted by Gasteiger charge is -2.35. The van der Waals surface area contributed by atoms with E-state index in [9.17, 15) is 40.8 Å². The van der Waals surface area contributed by atoms with Gasteiger partial charge in [-0.2, -0.15) is 18.2 Å². The zero-order valence-electron chi connectivity index (χ0n) is 34.8. The summed E-state index contributed by atoms with van der Waals surface area (Å²) in [6.07, 6.45) is -3.18. The lowest BCUT2D eigenvalue weighted by Crippen LogP contribution is -2.48. The first-order chi connectivity index (χ1) is 29.7. The van der Waals surface area contributed by atoms with Gasteiger partial charge in [-0.15, -0.1) is 17.9 Å². The monoisotopic (exact) mass is 906 g/mol. The van der Waals surface area contributed by atoms with Crippen LogP contribution in [0.2, 0.25) is 0 Å². The van der Waals surface area contributed by atoms with Crippen molar-refractivity contribution in [1.29, 1.82) is 0 Å². The highest BCUT2D eigenvalue weighted by atomic mass is 32.2. The topological polar surface area (TPSA) is 191 Å². The van der Waals surface area contributed by atoms with Crippen LogP contribution in [0.4, 0.5) is 13.2 Å². The minimum absolute atomic E-state index is 0.0435. The van der Waals surface area contributed by atoms with Crippen LogP contribution in [0.5, 0.6) is 5.88 Å². The molecular weight excluding hydrogens is 862 g/mol. The molecule has 3 aliphatic rings. The Morgan fingerprint density at radius 3 is 2.41 bits per heavy atom. The molecule has 14 nitrogen and oxygen atoms in total. The number of carbonyl (C=O) groups excluding carboxylic acids is 4. The molecule has 3 fully saturated rings. The van der Waals surface area contributed by atoms with E-state index in [0.29, 0.717) is 34.3 Å². The molecule has 19 heteroatoms. The van der Waals surface area contributed by atoms with Gasteiger partial charge in [0.15, 0.2) is 11.6 Å². The third kappa shape index (κ3) is 8.68. The summed E-state index contributed by atoms with van der Waals surface area (Å²) in [5.41, 5.74) is -1.56. The van der Waals surface area contributed by atoms with Crippen molar-refractivity contribution in [2.24, 2.45) is 22.7 Å². The summed E-state index contributed by atoms with van der Waals surface area (Å²) in [6.45, 7) is 9.33. The molecule has 0 radical (unpaired) electrons. The van der Waals surface area contributed by atoms with Gasteiger partial charge in [0.1, 0.15) is 22.9 Å². The average molecular weight is 907 g/mol. The molecule has 4 heterocycles. The summed E-state index contributed by atoms with van der Waals surface area (Å²) in [4.78, 5) is 71.0. The lowest BCUT2D eigenvalue weighted by molar-refractivity contribution is -0.144. The normalized spacial score (nSPS) is 21.9. The molecule has 332 valence electrons. The van der Waals surface area contributed by atoms with Crippen molar-refractivity contribution in [3.63, 3.8) is 0 Å². The molecule has 1 saturated heterocycles. The van der Waals surface area contributed by atoms with Gasteiger partial charge in [0.25, 0.3) is 11.8 Å². The van der Waals surface area contributed by atoms with Gasteiger partial charge < -0.3 is 19.4 Å². The Labute approximate surface area is 364 Å². The largest absolute Gasteiger partial charge is 0.470 e. The number of nitrogens with zero attached hydrogens (tertiary/aromatic N) is 4. The van der Waals surface area contributed by atoms with Gasteiger partial charge in [0.2, 0.25) is 27.4 Å². The van der Waals surface area contributed by atoms with Crippen molar-refractivity contribution in [2.45, 2.75) is 82.9 Å². The Hall–Kier alpha value is -5.69. The van der Waals surface area contributed by atoms with Crippen molar-refractivity contribution in [3.8, 4) is 17.3 Å². The molecule has 2 N–H and O–H groups in total. The number of ether oxygens (including phenoxy) is 1. The molecule has 63 heavy (non-hydrogen) atoms. The summed E-state index contributed by atoms with van der Waals surface area (Å²) in [7, 11) is -2.45. The quantitative estimate of drug-likeness (QED) is 0.110. The lowest BCUT2D eigenvalue weighted by atomic mass is 9.77. The van der Waals surface area contributed by atoms with Gasteiger partial charge in [-0.1, -0.05) is 51.1 Å². The molecule has 3 aromatic heterocycles. The average Bonchev–Trinajstić information content (AvgIpc) is 4.07. The smallest absolute Gasteiger partial charge is 0.416 e. The maximum absolute atomic E-state index is 15.0. The number of likely N-dealkylation sites (tertiary alicyclic amines) is 1. The van der Waals surface area contributed by atoms with Crippen LogP contribution >= 0.6 is 11.3 Å². The number of para-hydroxylation sites is 1. The molecule has 2 aliphatic carbocycles. The Morgan fingerprint density at radius 2 is 1.78 bits per heavy atom. The van der Waals surface area contributed by atoms with Crippen LogP contribution in [0.15, 0.2) is 71.0 Å². The highest BCUT2D eigenvalue weighted by Gasteiger charge is 2.61. The number of nitrogens with one attached hydrogen (secondary N) is 2. The highest BCUT2D eigenvalue weighted by Crippen LogP contribution is 2.57. The van der Waals surface area contributed by atoms with Crippen LogP contribution in [0, 0.1) is 22.7 Å². The fraction of sp³-hybridized carbons (Fsp3) is 0.432. The summed E-state index contributed by atoms with van der Waals surface area (Å²) in [5, 5.41) is 4.59. The predicted molar refractivity (Wildman–Crippen MR) is 227 cm³/mol. The number of fused-ring (bicyclic) bond motifs is 3. The minimum Gasteiger partial charge on any atom is -0.470 e. The first-order valence-electron chi connectivity index (χ1n) is 20.4. The fourth-order valence-corrected chi connectivity index (χ4v) is 10.5. The zero-order valence-corrected chi connectivity index (χ0v) is 36.5. The maximum atomic E-state index is 15.0. The third-order valence-electron chi connectivity index (χ3n) is 12.1. The van der Waals surface area contributed by atoms with Crippen LogP contribution in [0.1, 0.15) is 73.9 Å². The van der Waals surface area contributed by atoms with E-state index in [1.54, 1.807) is 29.6 Å². The van der Waals surface area contributed by atoms with Crippen LogP contribution in [-0.2, 0) is 37.0 Å². The van der Waals surface area contributed by atoms with E-state index in [-0.39, 0.29) is 66.7 Å². The first kappa shape index (κ1) is 43.9. The van der Waals surface area contributed by atoms with Crippen LogP contribution in [0.25, 0.3) is 33.5 Å². The fourth-order valence-electron chi connectivity index (χ4n) is 8.26. The number of carbonyl (C=O) groups is 4. The van der Waals surface area contributed by atoms with Gasteiger partial charge in [-0.05, 0) is 54.9 Å². The Bertz CT molecular complexity index is 2760. The Kier molecular flexibility index (Phi) is 11.3. The van der Waals surface area contributed by atoms with Crippen molar-refractivity contribution in [3.05, 3.63) is 82.8 Å². The van der Waals surface area contributed by atoms with Crippen molar-refractivity contribution >= 4 is 66.9 Å². The summed E-state index contributed by atoms with van der Waals surface area (Å²) >= 11 is 1.23. The molecule has 8 rings (SSSR count). The van der Waals surface area contributed by atoms with E-state index in [1.165, 1.54) is 41.5 Å². The third-order valence-corrected chi connectivity index (χ3v) is 14.8. The number of benzene rings is 2. The highest BCUT2D eigenvalue weighted by molar-refractivity contribution is 7.90. The van der Waals surface area contributed by atoms with Crippen LogP contribution < -0.4 is 14.8 Å². The number of amides is 3. The molecule has 2 aromatic carbocycles. The molecular formula is C44H45F3N6O8S2. The molecule has 1 aliphatic heterocycles. The summed E-state index contributed by atoms with van der Waals surface area (Å²) in [6, 6.07) is 10.2. The summed E-state index contributed by atoms with van der Waals surface area (Å²) in [5.74, 6) is -3.33. The zero-order chi connectivity index (χ0) is 45.2. The molecule has 2 saturated carbocycles. The Balaban J connectivity index is 1.15. The number of alkyl halides is 3. The van der Waals surface area contributed by atoms with Gasteiger partial charge in [-0.3, -0.25) is 23.9 Å². The Morgan fingerprint density at radius 1 is 1.06 bits per heavy atom. The molecule has 0 unspecified atom stereocenters. The molecule has 0 bridgehead atoms. The number of thiazole rings is 1. The number of aromatic nitrogens is 3. The second kappa shape index (κ2) is 16.1. The summed E-state index contributed by atoms with van der Waals surface area (Å²) < 4.78 is 81.1. The molecule has 0 spiro atoms. The van der Waals surface area contributed by atoms with E-state index in [1.807, 2.05) is 20.8 Å². The SMILES string of the molecule is C=C[C@@H]1C[C@]1(CC(=O)[C@@H]1C[C@@H](Oc2nc(-c3ccc(C(F)(F)F)cc3)nc3c2oc2ccccc23)CN1C(=O)[C@@H](Cc1nc(C(=O)NC)cs1)C(C)(C)C)C(=O)NS(=O)(=O)C1CC1. The van der Waals surface area contributed by atoms with Gasteiger partial charge in [-0.25, -0.2) is 18.4 Å². The first-order valence-corrected chi connectivity index (χ1v) is 22.9. The second-order valence-electron chi connectivity index (χ2n) is 17.5. The van der Waals surface area contributed by atoms with E-state index in [2.05, 4.69) is 31.6 Å². The number of Topliss-reactive ketones (excluding diaryl/α,β-unsaturated/α-hetero) is 1. The standard InChI is InChI=1S/C44H45F3N6O8S2/c1-6-24-19-43(24,41(57)52-63(58,59)27-15-16-27)20-32(54)31-17-26(21-53(31)40(56)29(42(2,3)4)18-34-49-30(22-62-34)38(55)48-5)60-39-36-35(28-9-7-8-10-33(28)61-36)50-37(51-39)23-11-13-25(14-12-23)44(45,46)47/h6-14,22,24,26-27,29,31H,1,15-21H2,2-5H3,(H,48,55)(H,52,57)/t24-,26-,29-,31+,43-/m1/s1. The predicted octanol–water partition coefficient (Wildman–Crippen LogP) is 6.89. The molecule has 5 atom stereocenters. The number of furan rings is 1. The molecule has 5 aromatic rings. The maximum Gasteiger partial charge on any atom is 0.416 e. The molecule has 3 amide bonds. The van der Waals surface area contributed by atoms with E-state index < -0.39 is 79.4 Å². The van der Waals surface area contributed by atoms with E-state index in [0.717, 1.165) is 12.1 Å². The number of halogens is 3. The van der Waals surface area contributed by atoms with Gasteiger partial charge >= 0.3 is 6.18 Å². The number of rotatable bonds is 14. The van der Waals surface area contributed by atoms with Crippen molar-refractivity contribution in [1.82, 2.24) is 29.9 Å². The van der Waals surface area contributed by atoms with E-state index >= 15 is 0 Å². The number of ketones is 1.